The molecule has 0 aliphatic rings. The molecule has 1 unspecified atom stereocenters. The van der Waals surface area contributed by atoms with Crippen LogP contribution in [-0.2, 0) is 17.8 Å². The van der Waals surface area contributed by atoms with Crippen molar-refractivity contribution in [1.82, 2.24) is 25.0 Å². The molecule has 0 aromatic carbocycles. The number of urea groups is 1. The molecule has 0 bridgehead atoms. The van der Waals surface area contributed by atoms with Gasteiger partial charge in [-0.2, -0.15) is 0 Å². The van der Waals surface area contributed by atoms with Gasteiger partial charge in [0.25, 0.3) is 0 Å². The van der Waals surface area contributed by atoms with Gasteiger partial charge in [0.15, 0.2) is 4.96 Å². The summed E-state index contributed by atoms with van der Waals surface area (Å²) in [5.41, 5.74) is 1.64. The van der Waals surface area contributed by atoms with Crippen LogP contribution in [0.15, 0.2) is 42.3 Å². The third-order valence-corrected chi connectivity index (χ3v) is 4.40. The molecular formula is C16H16KN5O3S. The molecule has 26 heavy (non-hydrogen) atoms. The maximum Gasteiger partial charge on any atom is 1.00 e. The second-order valence-corrected chi connectivity index (χ2v) is 6.29. The number of nitrogens with zero attached hydrogens (tertiary/aromatic N) is 3. The molecule has 2 N–H and O–H groups in total. The first-order chi connectivity index (χ1) is 12.1. The van der Waals surface area contributed by atoms with E-state index in [4.69, 9.17) is 0 Å². The minimum Gasteiger partial charge on any atom is -0.548 e. The SMILES string of the molecule is O=C(NCc1cn2ccsc2n1)NC(CCc1ccncc1)C(=O)[O-].[K+]. The van der Waals surface area contributed by atoms with Gasteiger partial charge in [0.1, 0.15) is 0 Å². The van der Waals surface area contributed by atoms with Crippen LogP contribution >= 0.6 is 11.3 Å². The number of pyridine rings is 1. The summed E-state index contributed by atoms with van der Waals surface area (Å²) in [6.07, 6.45) is 7.70. The van der Waals surface area contributed by atoms with Gasteiger partial charge in [0.2, 0.25) is 0 Å². The van der Waals surface area contributed by atoms with E-state index in [1.807, 2.05) is 22.2 Å². The molecule has 3 rings (SSSR count). The van der Waals surface area contributed by atoms with Gasteiger partial charge in [-0.15, -0.1) is 11.3 Å². The van der Waals surface area contributed by atoms with Crippen molar-refractivity contribution >= 4 is 28.3 Å². The first kappa shape index (κ1) is 21.0. The number of nitrogens with one attached hydrogen (secondary N) is 2. The minimum absolute atomic E-state index is 0. The van der Waals surface area contributed by atoms with Crippen LogP contribution in [0.4, 0.5) is 4.79 Å². The molecule has 8 nitrogen and oxygen atoms in total. The zero-order valence-electron chi connectivity index (χ0n) is 14.2. The Kier molecular flexibility index (Phi) is 8.19. The Labute approximate surface area is 196 Å². The van der Waals surface area contributed by atoms with E-state index in [9.17, 15) is 14.7 Å². The molecule has 0 saturated heterocycles. The molecule has 0 fully saturated rings. The topological polar surface area (TPSA) is 111 Å². The number of aliphatic carboxylic acids is 1. The van der Waals surface area contributed by atoms with Crippen LogP contribution in [0, 0.1) is 0 Å². The van der Waals surface area contributed by atoms with Crippen molar-refractivity contribution < 1.29 is 66.1 Å². The molecule has 2 amide bonds. The summed E-state index contributed by atoms with van der Waals surface area (Å²) < 4.78 is 1.86. The molecule has 1 atom stereocenters. The van der Waals surface area contributed by atoms with Gasteiger partial charge in [-0.05, 0) is 30.5 Å². The van der Waals surface area contributed by atoms with Crippen LogP contribution in [-0.4, -0.2) is 32.4 Å². The number of hydrogen-bond acceptors (Lipinski definition) is 6. The predicted octanol–water partition coefficient (Wildman–Crippen LogP) is -2.65. The van der Waals surface area contributed by atoms with Crippen molar-refractivity contribution in [2.24, 2.45) is 0 Å². The molecule has 130 valence electrons. The molecule has 0 aliphatic carbocycles. The molecule has 0 saturated carbocycles. The zero-order chi connectivity index (χ0) is 17.6. The summed E-state index contributed by atoms with van der Waals surface area (Å²) in [6.45, 7) is 0.213. The molecule has 0 aliphatic heterocycles. The molecule has 10 heteroatoms. The van der Waals surface area contributed by atoms with E-state index in [1.54, 1.807) is 24.5 Å². The summed E-state index contributed by atoms with van der Waals surface area (Å²) in [6, 6.07) is 1.96. The summed E-state index contributed by atoms with van der Waals surface area (Å²) >= 11 is 1.49. The Morgan fingerprint density at radius 3 is 2.77 bits per heavy atom. The maximum absolute atomic E-state index is 11.9. The standard InChI is InChI=1S/C16H17N5O3S.K/c22-14(23)13(2-1-11-3-5-17-6-4-11)20-15(24)18-9-12-10-21-7-8-25-16(21)19-12;/h3-8,10,13H,1-2,9H2,(H,22,23)(H2,18,20,24);/q;+1/p-1. The molecule has 3 heterocycles. The van der Waals surface area contributed by atoms with Crippen molar-refractivity contribution in [2.75, 3.05) is 0 Å². The van der Waals surface area contributed by atoms with Gasteiger partial charge in [-0.3, -0.25) is 9.38 Å². The second kappa shape index (κ2) is 10.1. The van der Waals surface area contributed by atoms with Crippen LogP contribution < -0.4 is 67.1 Å². The van der Waals surface area contributed by atoms with Gasteiger partial charge in [0.05, 0.1) is 24.2 Å². The van der Waals surface area contributed by atoms with Crippen LogP contribution in [0.5, 0.6) is 0 Å². The third-order valence-electron chi connectivity index (χ3n) is 3.63. The van der Waals surface area contributed by atoms with E-state index in [-0.39, 0.29) is 64.4 Å². The zero-order valence-corrected chi connectivity index (χ0v) is 18.2. The monoisotopic (exact) mass is 397 g/mol. The number of thiazole rings is 1. The number of aromatic nitrogens is 3. The van der Waals surface area contributed by atoms with Crippen LogP contribution in [0.2, 0.25) is 0 Å². The number of carboxylic acids is 1. The Balaban J connectivity index is 0.00000243. The fourth-order valence-electron chi connectivity index (χ4n) is 2.35. The Morgan fingerprint density at radius 2 is 2.08 bits per heavy atom. The Hall–Kier alpha value is -1.30. The van der Waals surface area contributed by atoms with Crippen LogP contribution in [0.1, 0.15) is 17.7 Å². The van der Waals surface area contributed by atoms with Gasteiger partial charge >= 0.3 is 57.4 Å². The van der Waals surface area contributed by atoms with Crippen molar-refractivity contribution in [3.05, 3.63) is 53.6 Å². The van der Waals surface area contributed by atoms with E-state index in [2.05, 4.69) is 20.6 Å². The normalized spacial score (nSPS) is 11.5. The quantitative estimate of drug-likeness (QED) is 0.423. The summed E-state index contributed by atoms with van der Waals surface area (Å²) in [5, 5.41) is 18.2. The molecule has 3 aromatic rings. The minimum atomic E-state index is -1.31. The first-order valence-corrected chi connectivity index (χ1v) is 8.55. The fourth-order valence-corrected chi connectivity index (χ4v) is 3.07. The van der Waals surface area contributed by atoms with Crippen LogP contribution in [0.3, 0.4) is 0 Å². The molecular weight excluding hydrogens is 381 g/mol. The van der Waals surface area contributed by atoms with Gasteiger partial charge < -0.3 is 20.5 Å². The number of carbonyl (C=O) groups excluding carboxylic acids is 2. The number of aryl methyl sites for hydroxylation is 1. The van der Waals surface area contributed by atoms with E-state index >= 15 is 0 Å². The smallest absolute Gasteiger partial charge is 0.548 e. The summed E-state index contributed by atoms with van der Waals surface area (Å²) in [4.78, 5) is 32.3. The van der Waals surface area contributed by atoms with Crippen molar-refractivity contribution in [3.63, 3.8) is 0 Å². The van der Waals surface area contributed by atoms with Crippen molar-refractivity contribution in [1.29, 1.82) is 0 Å². The van der Waals surface area contributed by atoms with Gasteiger partial charge in [-0.25, -0.2) is 9.78 Å². The van der Waals surface area contributed by atoms with Gasteiger partial charge in [-0.1, -0.05) is 0 Å². The Bertz CT molecular complexity index is 839. The maximum atomic E-state index is 11.9. The van der Waals surface area contributed by atoms with E-state index in [1.165, 1.54) is 11.3 Å². The fraction of sp³-hybridized carbons (Fsp3) is 0.250. The predicted molar refractivity (Wildman–Crippen MR) is 89.8 cm³/mol. The van der Waals surface area contributed by atoms with E-state index in [0.29, 0.717) is 12.1 Å². The first-order valence-electron chi connectivity index (χ1n) is 7.67. The van der Waals surface area contributed by atoms with E-state index < -0.39 is 18.0 Å². The number of carbonyl (C=O) groups is 2. The number of amides is 2. The average Bonchev–Trinajstić information content (AvgIpc) is 3.19. The number of imidazole rings is 1. The molecule has 0 radical (unpaired) electrons. The van der Waals surface area contributed by atoms with Crippen molar-refractivity contribution in [2.45, 2.75) is 25.4 Å². The summed E-state index contributed by atoms with van der Waals surface area (Å²) in [7, 11) is 0. The molecule has 0 spiro atoms. The largest absolute Gasteiger partial charge is 1.00 e. The Morgan fingerprint density at radius 1 is 1.31 bits per heavy atom. The van der Waals surface area contributed by atoms with E-state index in [0.717, 1.165) is 10.5 Å². The second-order valence-electron chi connectivity index (χ2n) is 5.42. The van der Waals surface area contributed by atoms with Gasteiger partial charge in [0, 0.05) is 30.2 Å². The van der Waals surface area contributed by atoms with Crippen molar-refractivity contribution in [3.8, 4) is 0 Å². The third kappa shape index (κ3) is 5.86. The number of fused-ring (bicyclic) bond motifs is 1. The molecule has 3 aromatic heterocycles. The van der Waals surface area contributed by atoms with Crippen LogP contribution in [0.25, 0.3) is 4.96 Å². The average molecular weight is 398 g/mol. The number of rotatable bonds is 7. The number of carboxylic acid groups (broad SMARTS) is 1. The number of hydrogen-bond donors (Lipinski definition) is 2. The summed E-state index contributed by atoms with van der Waals surface area (Å²) in [5.74, 6) is -1.31.